The van der Waals surface area contributed by atoms with Crippen molar-refractivity contribution in [2.75, 3.05) is 26.7 Å². The van der Waals surface area contributed by atoms with E-state index in [0.717, 1.165) is 38.1 Å². The van der Waals surface area contributed by atoms with Gasteiger partial charge < -0.3 is 15.4 Å². The molecule has 1 aromatic rings. The molecule has 0 radical (unpaired) electrons. The fourth-order valence-electron chi connectivity index (χ4n) is 4.87. The van der Waals surface area contributed by atoms with Crippen molar-refractivity contribution in [2.45, 2.75) is 70.2 Å². The average Bonchev–Trinajstić information content (AvgIpc) is 3.49. The Labute approximate surface area is 169 Å². The number of nitrogens with zero attached hydrogens (tertiary/aromatic N) is 2. The molecule has 2 aliphatic heterocycles. The van der Waals surface area contributed by atoms with Crippen LogP contribution in [0.5, 0.6) is 0 Å². The molecule has 3 aliphatic rings. The molecule has 5 heteroatoms. The van der Waals surface area contributed by atoms with Gasteiger partial charge in [-0.3, -0.25) is 9.89 Å². The molecule has 0 amide bonds. The number of ether oxygens (including phenoxy) is 1. The molecule has 0 bridgehead atoms. The first-order valence-electron chi connectivity index (χ1n) is 11.0. The lowest BCUT2D eigenvalue weighted by Crippen LogP contribution is -2.47. The molecule has 4 rings (SSSR count). The van der Waals surface area contributed by atoms with Crippen LogP contribution in [0.2, 0.25) is 0 Å². The summed E-state index contributed by atoms with van der Waals surface area (Å²) in [6.45, 7) is 7.40. The van der Waals surface area contributed by atoms with Gasteiger partial charge in [0.25, 0.3) is 0 Å². The van der Waals surface area contributed by atoms with Crippen LogP contribution >= 0.6 is 0 Å². The summed E-state index contributed by atoms with van der Waals surface area (Å²) >= 11 is 0. The van der Waals surface area contributed by atoms with Crippen molar-refractivity contribution in [3.05, 3.63) is 35.4 Å². The van der Waals surface area contributed by atoms with Crippen LogP contribution in [0.4, 0.5) is 0 Å². The number of hydrogen-bond acceptors (Lipinski definition) is 3. The van der Waals surface area contributed by atoms with Crippen LogP contribution < -0.4 is 10.6 Å². The fraction of sp³-hybridized carbons (Fsp3) is 0.696. The molecule has 0 spiro atoms. The number of guanidine groups is 1. The van der Waals surface area contributed by atoms with Crippen LogP contribution in [0.3, 0.4) is 0 Å². The Kier molecular flexibility index (Phi) is 6.22. The van der Waals surface area contributed by atoms with Gasteiger partial charge in [0.15, 0.2) is 5.96 Å². The van der Waals surface area contributed by atoms with Gasteiger partial charge in [-0.15, -0.1) is 0 Å². The summed E-state index contributed by atoms with van der Waals surface area (Å²) in [5.74, 6) is 1.41. The van der Waals surface area contributed by atoms with Crippen molar-refractivity contribution in [1.29, 1.82) is 0 Å². The lowest BCUT2D eigenvalue weighted by molar-refractivity contribution is -0.0265. The number of rotatable bonds is 5. The maximum atomic E-state index is 6.17. The third-order valence-corrected chi connectivity index (χ3v) is 6.59. The molecule has 0 aromatic heterocycles. The van der Waals surface area contributed by atoms with E-state index in [2.05, 4.69) is 58.6 Å². The van der Waals surface area contributed by atoms with E-state index >= 15 is 0 Å². The molecule has 2 saturated heterocycles. The van der Waals surface area contributed by atoms with Gasteiger partial charge >= 0.3 is 0 Å². The number of nitrogens with one attached hydrogen (secondary N) is 2. The van der Waals surface area contributed by atoms with Crippen molar-refractivity contribution in [2.24, 2.45) is 10.9 Å². The van der Waals surface area contributed by atoms with Crippen molar-refractivity contribution in [3.63, 3.8) is 0 Å². The number of benzene rings is 1. The Hall–Kier alpha value is -1.59. The van der Waals surface area contributed by atoms with E-state index in [4.69, 9.17) is 4.74 Å². The lowest BCUT2D eigenvalue weighted by atomic mass is 9.89. The van der Waals surface area contributed by atoms with Gasteiger partial charge in [-0.05, 0) is 51.5 Å². The maximum Gasteiger partial charge on any atom is 0.191 e. The lowest BCUT2D eigenvalue weighted by Gasteiger charge is -2.33. The van der Waals surface area contributed by atoms with E-state index in [1.807, 2.05) is 7.05 Å². The quantitative estimate of drug-likeness (QED) is 0.604. The highest BCUT2D eigenvalue weighted by Crippen LogP contribution is 2.34. The molecule has 154 valence electrons. The molecule has 2 heterocycles. The van der Waals surface area contributed by atoms with E-state index in [0.29, 0.717) is 18.0 Å². The van der Waals surface area contributed by atoms with Gasteiger partial charge in [-0.2, -0.15) is 0 Å². The molecule has 4 unspecified atom stereocenters. The smallest absolute Gasteiger partial charge is 0.191 e. The summed E-state index contributed by atoms with van der Waals surface area (Å²) in [5, 5.41) is 7.26. The number of likely N-dealkylation sites (tertiary alicyclic amines) is 1. The maximum absolute atomic E-state index is 6.17. The van der Waals surface area contributed by atoms with E-state index in [-0.39, 0.29) is 6.10 Å². The van der Waals surface area contributed by atoms with E-state index in [1.54, 1.807) is 0 Å². The Morgan fingerprint density at radius 3 is 2.71 bits per heavy atom. The summed E-state index contributed by atoms with van der Waals surface area (Å²) in [6, 6.07) is 10.8. The minimum Gasteiger partial charge on any atom is -0.373 e. The largest absolute Gasteiger partial charge is 0.373 e. The molecule has 2 N–H and O–H groups in total. The normalized spacial score (nSPS) is 31.8. The highest BCUT2D eigenvalue weighted by molar-refractivity contribution is 5.80. The van der Waals surface area contributed by atoms with E-state index < -0.39 is 0 Å². The minimum absolute atomic E-state index is 0.178. The number of hydrogen-bond donors (Lipinski definition) is 2. The number of aryl methyl sites for hydroxylation is 1. The standard InChI is InChI=1S/C23H36N4O/c1-16-6-8-18(9-7-16)22-19(5-4-12-28-22)14-25-23(24-3)26-20-13-17(2)27(15-20)21-10-11-21/h6-9,17,19-22H,4-5,10-15H2,1-3H3,(H2,24,25,26). The number of aliphatic imine (C=N–C) groups is 1. The first-order chi connectivity index (χ1) is 13.6. The molecule has 1 saturated carbocycles. The van der Waals surface area contributed by atoms with E-state index in [1.165, 1.54) is 36.8 Å². The third-order valence-electron chi connectivity index (χ3n) is 6.59. The zero-order valence-corrected chi connectivity index (χ0v) is 17.7. The van der Waals surface area contributed by atoms with Gasteiger partial charge in [0.2, 0.25) is 0 Å². The Morgan fingerprint density at radius 2 is 2.00 bits per heavy atom. The van der Waals surface area contributed by atoms with Crippen LogP contribution in [0.1, 0.15) is 56.3 Å². The highest BCUT2D eigenvalue weighted by atomic mass is 16.5. The van der Waals surface area contributed by atoms with Gasteiger partial charge in [0.1, 0.15) is 0 Å². The van der Waals surface area contributed by atoms with Crippen LogP contribution in [-0.4, -0.2) is 55.7 Å². The summed E-state index contributed by atoms with van der Waals surface area (Å²) < 4.78 is 6.17. The molecule has 4 atom stereocenters. The SMILES string of the molecule is CN=C(NCC1CCCOC1c1ccc(C)cc1)NC1CC(C)N(C2CC2)C1. The van der Waals surface area contributed by atoms with Crippen molar-refractivity contribution < 1.29 is 4.74 Å². The summed E-state index contributed by atoms with van der Waals surface area (Å²) in [6.07, 6.45) is 6.47. The monoisotopic (exact) mass is 384 g/mol. The Bertz CT molecular complexity index is 670. The highest BCUT2D eigenvalue weighted by Gasteiger charge is 2.39. The molecule has 1 aromatic carbocycles. The van der Waals surface area contributed by atoms with E-state index in [9.17, 15) is 0 Å². The topological polar surface area (TPSA) is 48.9 Å². The van der Waals surface area contributed by atoms with Crippen molar-refractivity contribution in [1.82, 2.24) is 15.5 Å². The second kappa shape index (κ2) is 8.83. The molecular weight excluding hydrogens is 348 g/mol. The third kappa shape index (κ3) is 4.69. The molecular formula is C23H36N4O. The second-order valence-corrected chi connectivity index (χ2v) is 8.91. The average molecular weight is 385 g/mol. The zero-order valence-electron chi connectivity index (χ0n) is 17.7. The van der Waals surface area contributed by atoms with Gasteiger partial charge in [-0.25, -0.2) is 0 Å². The van der Waals surface area contributed by atoms with Crippen LogP contribution in [-0.2, 0) is 4.74 Å². The molecule has 5 nitrogen and oxygen atoms in total. The van der Waals surface area contributed by atoms with Crippen molar-refractivity contribution in [3.8, 4) is 0 Å². The first kappa shape index (κ1) is 19.7. The second-order valence-electron chi connectivity index (χ2n) is 8.91. The van der Waals surface area contributed by atoms with Crippen LogP contribution in [0.25, 0.3) is 0 Å². The predicted octanol–water partition coefficient (Wildman–Crippen LogP) is 3.25. The Morgan fingerprint density at radius 1 is 1.21 bits per heavy atom. The summed E-state index contributed by atoms with van der Waals surface area (Å²) in [5.41, 5.74) is 2.59. The minimum atomic E-state index is 0.178. The zero-order chi connectivity index (χ0) is 19.5. The molecule has 3 fully saturated rings. The van der Waals surface area contributed by atoms with Crippen LogP contribution in [0.15, 0.2) is 29.3 Å². The van der Waals surface area contributed by atoms with Gasteiger partial charge in [0, 0.05) is 50.8 Å². The van der Waals surface area contributed by atoms with Crippen molar-refractivity contribution >= 4 is 5.96 Å². The summed E-state index contributed by atoms with van der Waals surface area (Å²) in [7, 11) is 1.88. The van der Waals surface area contributed by atoms with Crippen LogP contribution in [0, 0.1) is 12.8 Å². The summed E-state index contributed by atoms with van der Waals surface area (Å²) in [4.78, 5) is 7.16. The van der Waals surface area contributed by atoms with Gasteiger partial charge in [-0.1, -0.05) is 29.8 Å². The predicted molar refractivity (Wildman–Crippen MR) is 115 cm³/mol. The first-order valence-corrected chi connectivity index (χ1v) is 11.0. The van der Waals surface area contributed by atoms with Gasteiger partial charge in [0.05, 0.1) is 6.10 Å². The Balaban J connectivity index is 1.31. The molecule has 1 aliphatic carbocycles. The fourth-order valence-corrected chi connectivity index (χ4v) is 4.87. The molecule has 28 heavy (non-hydrogen) atoms.